The molecule has 1 aromatic carbocycles. The van der Waals surface area contributed by atoms with Crippen molar-refractivity contribution in [3.8, 4) is 0 Å². The molecule has 0 bridgehead atoms. The molecule has 0 fully saturated rings. The predicted octanol–water partition coefficient (Wildman–Crippen LogP) is 4.16. The number of carbonyl (C=O) groups is 1. The summed E-state index contributed by atoms with van der Waals surface area (Å²) in [7, 11) is 0. The van der Waals surface area contributed by atoms with E-state index < -0.39 is 0 Å². The van der Waals surface area contributed by atoms with Gasteiger partial charge in [0.2, 0.25) is 0 Å². The predicted molar refractivity (Wildman–Crippen MR) is 91.5 cm³/mol. The molecule has 2 rings (SSSR count). The van der Waals surface area contributed by atoms with Gasteiger partial charge in [-0.2, -0.15) is 0 Å². The first kappa shape index (κ1) is 16.0. The Morgan fingerprint density at radius 1 is 1.09 bits per heavy atom. The highest BCUT2D eigenvalue weighted by molar-refractivity contribution is 6.04. The summed E-state index contributed by atoms with van der Waals surface area (Å²) in [6.45, 7) is 7.12. The van der Waals surface area contributed by atoms with E-state index in [1.54, 1.807) is 12.4 Å². The van der Waals surface area contributed by atoms with E-state index in [0.29, 0.717) is 5.56 Å². The summed E-state index contributed by atoms with van der Waals surface area (Å²) >= 11 is 0. The lowest BCUT2D eigenvalue weighted by Gasteiger charge is -2.09. The van der Waals surface area contributed by atoms with Crippen molar-refractivity contribution >= 4 is 17.3 Å². The average Bonchev–Trinajstić information content (AvgIpc) is 2.51. The van der Waals surface area contributed by atoms with E-state index in [9.17, 15) is 4.79 Å². The summed E-state index contributed by atoms with van der Waals surface area (Å²) in [6, 6.07) is 7.73. The third kappa shape index (κ3) is 4.32. The van der Waals surface area contributed by atoms with Crippen LogP contribution in [0, 0.1) is 13.8 Å². The highest BCUT2D eigenvalue weighted by atomic mass is 16.1. The molecule has 4 heteroatoms. The van der Waals surface area contributed by atoms with Crippen LogP contribution in [0.15, 0.2) is 36.7 Å². The summed E-state index contributed by atoms with van der Waals surface area (Å²) in [4.78, 5) is 16.4. The van der Waals surface area contributed by atoms with E-state index in [4.69, 9.17) is 0 Å². The molecule has 0 radical (unpaired) electrons. The molecular weight excluding hydrogens is 274 g/mol. The lowest BCUT2D eigenvalue weighted by molar-refractivity contribution is 0.102. The molecule has 0 saturated carbocycles. The monoisotopic (exact) mass is 297 g/mol. The zero-order valence-electron chi connectivity index (χ0n) is 13.4. The van der Waals surface area contributed by atoms with Crippen LogP contribution in [-0.4, -0.2) is 17.4 Å². The summed E-state index contributed by atoms with van der Waals surface area (Å²) in [6.07, 6.45) is 5.55. The Morgan fingerprint density at radius 3 is 2.64 bits per heavy atom. The number of rotatable bonds is 6. The number of hydrogen-bond donors (Lipinski definition) is 2. The molecule has 0 spiro atoms. The third-order valence-electron chi connectivity index (χ3n) is 3.62. The Labute approximate surface area is 132 Å². The van der Waals surface area contributed by atoms with Crippen molar-refractivity contribution in [1.29, 1.82) is 0 Å². The van der Waals surface area contributed by atoms with Crippen molar-refractivity contribution in [3.05, 3.63) is 53.3 Å². The van der Waals surface area contributed by atoms with Crippen LogP contribution in [0.5, 0.6) is 0 Å². The van der Waals surface area contributed by atoms with E-state index in [1.807, 2.05) is 31.2 Å². The number of aryl methyl sites for hydroxylation is 2. The highest BCUT2D eigenvalue weighted by Crippen LogP contribution is 2.16. The molecule has 0 saturated heterocycles. The van der Waals surface area contributed by atoms with Crippen molar-refractivity contribution in [2.24, 2.45) is 0 Å². The number of benzene rings is 1. The minimum atomic E-state index is -0.144. The van der Waals surface area contributed by atoms with Crippen LogP contribution in [0.4, 0.5) is 11.4 Å². The van der Waals surface area contributed by atoms with Gasteiger partial charge < -0.3 is 10.6 Å². The second-order valence-electron chi connectivity index (χ2n) is 5.50. The number of aromatic nitrogens is 1. The molecule has 4 nitrogen and oxygen atoms in total. The van der Waals surface area contributed by atoms with Gasteiger partial charge in [0.25, 0.3) is 5.91 Å². The van der Waals surface area contributed by atoms with E-state index in [1.165, 1.54) is 5.56 Å². The molecular formula is C18H23N3O. The molecule has 0 atom stereocenters. The van der Waals surface area contributed by atoms with Gasteiger partial charge in [-0.05, 0) is 49.6 Å². The van der Waals surface area contributed by atoms with Gasteiger partial charge >= 0.3 is 0 Å². The second kappa shape index (κ2) is 7.59. The number of anilines is 2. The topological polar surface area (TPSA) is 54.0 Å². The molecule has 2 aromatic rings. The van der Waals surface area contributed by atoms with Crippen LogP contribution in [0.2, 0.25) is 0 Å². The van der Waals surface area contributed by atoms with Crippen molar-refractivity contribution in [1.82, 2.24) is 4.98 Å². The van der Waals surface area contributed by atoms with Gasteiger partial charge in [-0.1, -0.05) is 19.4 Å². The Balaban J connectivity index is 2.05. The van der Waals surface area contributed by atoms with Crippen LogP contribution in [0.1, 0.15) is 41.3 Å². The first-order valence-electron chi connectivity index (χ1n) is 7.67. The minimum absolute atomic E-state index is 0.144. The third-order valence-corrected chi connectivity index (χ3v) is 3.62. The zero-order valence-corrected chi connectivity index (χ0v) is 13.4. The molecule has 116 valence electrons. The number of hydrogen-bond acceptors (Lipinski definition) is 3. The summed E-state index contributed by atoms with van der Waals surface area (Å²) < 4.78 is 0. The maximum atomic E-state index is 12.3. The van der Waals surface area contributed by atoms with Crippen molar-refractivity contribution in [3.63, 3.8) is 0 Å². The van der Waals surface area contributed by atoms with Gasteiger partial charge in [-0.25, -0.2) is 0 Å². The summed E-state index contributed by atoms with van der Waals surface area (Å²) in [5.74, 6) is -0.144. The molecule has 0 aliphatic rings. The number of unbranched alkanes of at least 4 members (excludes halogenated alkanes) is 1. The second-order valence-corrected chi connectivity index (χ2v) is 5.50. The Hall–Kier alpha value is -2.36. The van der Waals surface area contributed by atoms with E-state index >= 15 is 0 Å². The largest absolute Gasteiger partial charge is 0.384 e. The average molecular weight is 297 g/mol. The van der Waals surface area contributed by atoms with Crippen molar-refractivity contribution in [2.45, 2.75) is 33.6 Å². The Kier molecular flexibility index (Phi) is 5.53. The SMILES string of the molecule is CCCCNc1cncc(C(=O)Nc2ccc(C)c(C)c2)c1. The fraction of sp³-hybridized carbons (Fsp3) is 0.333. The first-order chi connectivity index (χ1) is 10.6. The molecule has 1 heterocycles. The fourth-order valence-electron chi connectivity index (χ4n) is 2.09. The van der Waals surface area contributed by atoms with Gasteiger partial charge in [-0.15, -0.1) is 0 Å². The number of carbonyl (C=O) groups excluding carboxylic acids is 1. The standard InChI is InChI=1S/C18H23N3O/c1-4-5-8-20-17-10-15(11-19-12-17)18(22)21-16-7-6-13(2)14(3)9-16/h6-7,9-12,20H,4-5,8H2,1-3H3,(H,21,22). The van der Waals surface area contributed by atoms with Gasteiger partial charge in [0.15, 0.2) is 0 Å². The molecule has 0 unspecified atom stereocenters. The Bertz CT molecular complexity index is 653. The summed E-state index contributed by atoms with van der Waals surface area (Å²) in [5.41, 5.74) is 4.60. The smallest absolute Gasteiger partial charge is 0.257 e. The Morgan fingerprint density at radius 2 is 1.91 bits per heavy atom. The number of nitrogens with one attached hydrogen (secondary N) is 2. The van der Waals surface area contributed by atoms with Crippen LogP contribution in [-0.2, 0) is 0 Å². The van der Waals surface area contributed by atoms with Crippen LogP contribution < -0.4 is 10.6 Å². The highest BCUT2D eigenvalue weighted by Gasteiger charge is 2.08. The number of nitrogens with zero attached hydrogens (tertiary/aromatic N) is 1. The molecule has 1 aromatic heterocycles. The van der Waals surface area contributed by atoms with Gasteiger partial charge in [0.1, 0.15) is 0 Å². The molecule has 2 N–H and O–H groups in total. The van der Waals surface area contributed by atoms with Crippen LogP contribution >= 0.6 is 0 Å². The quantitative estimate of drug-likeness (QED) is 0.787. The lowest BCUT2D eigenvalue weighted by atomic mass is 10.1. The molecule has 1 amide bonds. The maximum Gasteiger partial charge on any atom is 0.257 e. The molecule has 22 heavy (non-hydrogen) atoms. The number of pyridine rings is 1. The maximum absolute atomic E-state index is 12.3. The van der Waals surface area contributed by atoms with Crippen molar-refractivity contribution < 1.29 is 4.79 Å². The number of amides is 1. The minimum Gasteiger partial charge on any atom is -0.384 e. The molecule has 0 aliphatic carbocycles. The normalized spacial score (nSPS) is 10.3. The van der Waals surface area contributed by atoms with Crippen molar-refractivity contribution in [2.75, 3.05) is 17.2 Å². The van der Waals surface area contributed by atoms with E-state index in [-0.39, 0.29) is 5.91 Å². The van der Waals surface area contributed by atoms with Crippen LogP contribution in [0.3, 0.4) is 0 Å². The first-order valence-corrected chi connectivity index (χ1v) is 7.67. The lowest BCUT2D eigenvalue weighted by Crippen LogP contribution is -2.13. The zero-order chi connectivity index (χ0) is 15.9. The van der Waals surface area contributed by atoms with Gasteiger partial charge in [0, 0.05) is 24.6 Å². The van der Waals surface area contributed by atoms with E-state index in [0.717, 1.165) is 36.3 Å². The van der Waals surface area contributed by atoms with Gasteiger partial charge in [-0.3, -0.25) is 9.78 Å². The fourth-order valence-corrected chi connectivity index (χ4v) is 2.09. The van der Waals surface area contributed by atoms with E-state index in [2.05, 4.69) is 29.5 Å². The van der Waals surface area contributed by atoms with Crippen LogP contribution in [0.25, 0.3) is 0 Å². The summed E-state index contributed by atoms with van der Waals surface area (Å²) in [5, 5.41) is 6.19. The molecule has 0 aliphatic heterocycles. The van der Waals surface area contributed by atoms with Gasteiger partial charge in [0.05, 0.1) is 11.3 Å².